The molecule has 5 rings (SSSR count). The Kier molecular flexibility index (Phi) is 5.51. The monoisotopic (exact) mass is 451 g/mol. The van der Waals surface area contributed by atoms with Crippen LogP contribution in [0.2, 0.25) is 0 Å². The molecule has 168 valence electrons. The zero-order chi connectivity index (χ0) is 23.7. The summed E-state index contributed by atoms with van der Waals surface area (Å²) in [6.45, 7) is 2.74. The van der Waals surface area contributed by atoms with E-state index in [2.05, 4.69) is 5.10 Å². The van der Waals surface area contributed by atoms with E-state index in [0.29, 0.717) is 16.9 Å². The first-order valence-corrected chi connectivity index (χ1v) is 10.8. The van der Waals surface area contributed by atoms with E-state index >= 15 is 0 Å². The summed E-state index contributed by atoms with van der Waals surface area (Å²) < 4.78 is 11.6. The van der Waals surface area contributed by atoms with Crippen LogP contribution < -0.4 is 4.74 Å². The topological polar surface area (TPSA) is 81.1 Å². The molecule has 34 heavy (non-hydrogen) atoms. The highest BCUT2D eigenvalue weighted by Gasteiger charge is 2.36. The number of rotatable bonds is 4. The zero-order valence-corrected chi connectivity index (χ0v) is 18.6. The largest absolute Gasteiger partial charge is 0.445 e. The number of benzene rings is 3. The smallest absolute Gasteiger partial charge is 0.308 e. The van der Waals surface area contributed by atoms with Crippen molar-refractivity contribution in [3.63, 3.8) is 0 Å². The Hall–Kier alpha value is -4.52. The van der Waals surface area contributed by atoms with E-state index in [0.717, 1.165) is 22.2 Å². The molecule has 0 radical (unpaired) electrons. The van der Waals surface area contributed by atoms with Crippen LogP contribution in [0.1, 0.15) is 31.2 Å². The quantitative estimate of drug-likeness (QED) is 0.320. The number of nitrogens with zero attached hydrogens (tertiary/aromatic N) is 3. The number of hydrogen-bond donors (Lipinski definition) is 0. The molecule has 0 saturated heterocycles. The molecule has 1 aromatic heterocycles. The molecule has 1 atom stereocenters. The molecule has 1 aliphatic rings. The van der Waals surface area contributed by atoms with Gasteiger partial charge in [0.05, 0.1) is 16.8 Å². The molecule has 0 N–H and O–H groups in total. The molecule has 4 aromatic rings. The number of fused-ring (bicyclic) bond motifs is 1. The van der Waals surface area contributed by atoms with Crippen molar-refractivity contribution < 1.29 is 19.1 Å². The lowest BCUT2D eigenvalue weighted by atomic mass is 10.0. The van der Waals surface area contributed by atoms with Gasteiger partial charge < -0.3 is 9.47 Å². The number of esters is 1. The second-order valence-electron chi connectivity index (χ2n) is 7.81. The summed E-state index contributed by atoms with van der Waals surface area (Å²) in [5, 5.41) is 6.64. The number of pyridine rings is 1. The van der Waals surface area contributed by atoms with Gasteiger partial charge in [-0.1, -0.05) is 60.7 Å². The van der Waals surface area contributed by atoms with Crippen molar-refractivity contribution in [2.75, 3.05) is 0 Å². The normalized spacial score (nSPS) is 15.1. The van der Waals surface area contributed by atoms with Crippen LogP contribution in [0.15, 0.2) is 90.0 Å². The third-order valence-corrected chi connectivity index (χ3v) is 5.42. The molecule has 0 fully saturated rings. The average molecular weight is 451 g/mol. The van der Waals surface area contributed by atoms with Gasteiger partial charge in [-0.25, -0.2) is 4.98 Å². The first kappa shape index (κ1) is 21.3. The van der Waals surface area contributed by atoms with E-state index < -0.39 is 12.2 Å². The molecular weight excluding hydrogens is 430 g/mol. The number of hydrogen-bond acceptors (Lipinski definition) is 6. The van der Waals surface area contributed by atoms with E-state index in [1.807, 2.05) is 60.7 Å². The first-order chi connectivity index (χ1) is 16.5. The van der Waals surface area contributed by atoms with Crippen molar-refractivity contribution >= 4 is 28.7 Å². The van der Waals surface area contributed by atoms with Crippen molar-refractivity contribution in [1.29, 1.82) is 0 Å². The molecule has 7 nitrogen and oxygen atoms in total. The molecule has 0 spiro atoms. The van der Waals surface area contributed by atoms with Crippen LogP contribution in [0.5, 0.6) is 5.75 Å². The van der Waals surface area contributed by atoms with E-state index in [9.17, 15) is 9.59 Å². The van der Waals surface area contributed by atoms with Gasteiger partial charge in [-0.3, -0.25) is 9.59 Å². The van der Waals surface area contributed by atoms with E-state index in [1.165, 1.54) is 18.9 Å². The number of para-hydroxylation sites is 2. The first-order valence-electron chi connectivity index (χ1n) is 10.8. The van der Waals surface area contributed by atoms with Crippen LogP contribution in [0.4, 0.5) is 0 Å². The molecular formula is C27H21N3O4. The van der Waals surface area contributed by atoms with Gasteiger partial charge in [0.25, 0.3) is 0 Å². The van der Waals surface area contributed by atoms with Gasteiger partial charge in [0, 0.05) is 30.4 Å². The number of amides is 1. The Bertz CT molecular complexity index is 1430. The summed E-state index contributed by atoms with van der Waals surface area (Å²) in [5.41, 5.74) is 3.73. The van der Waals surface area contributed by atoms with Crippen LogP contribution in [-0.4, -0.2) is 27.8 Å². The SMILES string of the molecule is CC(=O)Oc1ccccc1[C@@H]1OC(c2cc(-c3ccccc3)nc3ccccc23)=NN1C(C)=O. The second kappa shape index (κ2) is 8.78. The van der Waals surface area contributed by atoms with Gasteiger partial charge in [-0.05, 0) is 24.3 Å². The Morgan fingerprint density at radius 1 is 0.912 bits per heavy atom. The van der Waals surface area contributed by atoms with Crippen molar-refractivity contribution in [1.82, 2.24) is 9.99 Å². The van der Waals surface area contributed by atoms with E-state index in [-0.39, 0.29) is 11.8 Å². The zero-order valence-electron chi connectivity index (χ0n) is 18.6. The Morgan fingerprint density at radius 2 is 1.62 bits per heavy atom. The van der Waals surface area contributed by atoms with E-state index in [4.69, 9.17) is 14.5 Å². The number of aromatic nitrogens is 1. The molecule has 3 aromatic carbocycles. The molecule has 2 heterocycles. The van der Waals surface area contributed by atoms with Gasteiger partial charge >= 0.3 is 5.97 Å². The lowest BCUT2D eigenvalue weighted by Crippen LogP contribution is -2.26. The van der Waals surface area contributed by atoms with Crippen molar-refractivity contribution in [2.45, 2.75) is 20.1 Å². The Balaban J connectivity index is 1.63. The highest BCUT2D eigenvalue weighted by molar-refractivity contribution is 6.08. The minimum Gasteiger partial charge on any atom is -0.445 e. The Labute approximate surface area is 196 Å². The molecule has 0 unspecified atom stereocenters. The predicted octanol–water partition coefficient (Wildman–Crippen LogP) is 5.07. The molecule has 0 aliphatic carbocycles. The summed E-state index contributed by atoms with van der Waals surface area (Å²) in [7, 11) is 0. The minimum absolute atomic E-state index is 0.286. The maximum Gasteiger partial charge on any atom is 0.308 e. The summed E-state index contributed by atoms with van der Waals surface area (Å²) in [5.74, 6) is -0.172. The summed E-state index contributed by atoms with van der Waals surface area (Å²) in [6, 6.07) is 26.4. The van der Waals surface area contributed by atoms with Gasteiger partial charge in [-0.15, -0.1) is 5.10 Å². The minimum atomic E-state index is -0.879. The van der Waals surface area contributed by atoms with Crippen LogP contribution >= 0.6 is 0 Å². The summed E-state index contributed by atoms with van der Waals surface area (Å²) in [6.07, 6.45) is -0.879. The average Bonchev–Trinajstić information content (AvgIpc) is 3.29. The van der Waals surface area contributed by atoms with Gasteiger partial charge in [0.1, 0.15) is 5.75 Å². The maximum atomic E-state index is 12.5. The van der Waals surface area contributed by atoms with Gasteiger partial charge in [-0.2, -0.15) is 5.01 Å². The number of hydrazone groups is 1. The maximum absolute atomic E-state index is 12.5. The Morgan fingerprint density at radius 3 is 2.38 bits per heavy atom. The number of carbonyl (C=O) groups excluding carboxylic acids is 2. The standard InChI is InChI=1S/C27H21N3O4/c1-17(31)30-27(21-13-7-9-15-25(21)33-18(2)32)34-26(29-30)22-16-24(19-10-4-3-5-11-19)28-23-14-8-6-12-20(22)23/h3-16,27H,1-2H3/t27-/m0/s1. The molecule has 0 bridgehead atoms. The lowest BCUT2D eigenvalue weighted by molar-refractivity contribution is -0.135. The van der Waals surface area contributed by atoms with Crippen LogP contribution in [0.3, 0.4) is 0 Å². The predicted molar refractivity (Wildman–Crippen MR) is 128 cm³/mol. The summed E-state index contributed by atoms with van der Waals surface area (Å²) >= 11 is 0. The van der Waals surface area contributed by atoms with Crippen LogP contribution in [-0.2, 0) is 14.3 Å². The van der Waals surface area contributed by atoms with Crippen molar-refractivity contribution in [2.24, 2.45) is 5.10 Å². The summed E-state index contributed by atoms with van der Waals surface area (Å²) in [4.78, 5) is 28.9. The highest BCUT2D eigenvalue weighted by atomic mass is 16.5. The van der Waals surface area contributed by atoms with Crippen LogP contribution in [0.25, 0.3) is 22.2 Å². The second-order valence-corrected chi connectivity index (χ2v) is 7.81. The fraction of sp³-hybridized carbons (Fsp3) is 0.111. The third kappa shape index (κ3) is 3.99. The number of carbonyl (C=O) groups is 2. The highest BCUT2D eigenvalue weighted by Crippen LogP contribution is 2.37. The molecule has 7 heteroatoms. The molecule has 1 aliphatic heterocycles. The fourth-order valence-electron chi connectivity index (χ4n) is 3.92. The fourth-order valence-corrected chi connectivity index (χ4v) is 3.92. The number of ether oxygens (including phenoxy) is 2. The third-order valence-electron chi connectivity index (χ3n) is 5.42. The van der Waals surface area contributed by atoms with Crippen LogP contribution in [0, 0.1) is 0 Å². The van der Waals surface area contributed by atoms with Crippen molar-refractivity contribution in [3.05, 3.63) is 96.1 Å². The molecule has 0 saturated carbocycles. The van der Waals surface area contributed by atoms with Gasteiger partial charge in [0.15, 0.2) is 0 Å². The molecule has 1 amide bonds. The van der Waals surface area contributed by atoms with E-state index in [1.54, 1.807) is 24.3 Å². The van der Waals surface area contributed by atoms with Crippen molar-refractivity contribution in [3.8, 4) is 17.0 Å². The lowest BCUT2D eigenvalue weighted by Gasteiger charge is -2.21. The van der Waals surface area contributed by atoms with Gasteiger partial charge in [0.2, 0.25) is 18.0 Å².